The molecule has 1 saturated carbocycles. The Morgan fingerprint density at radius 1 is 1.11 bits per heavy atom. The van der Waals surface area contributed by atoms with Gasteiger partial charge in [0.05, 0.1) is 11.1 Å². The average Bonchev–Trinajstić information content (AvgIpc) is 3.64. The van der Waals surface area contributed by atoms with Crippen molar-refractivity contribution in [1.82, 2.24) is 24.6 Å². The molecule has 0 bridgehead atoms. The minimum atomic E-state index is -0.347. The molecule has 7 nitrogen and oxygen atoms in total. The smallest absolute Gasteiger partial charge is 0.227 e. The van der Waals surface area contributed by atoms with Crippen molar-refractivity contribution in [2.24, 2.45) is 7.05 Å². The molecule has 1 aliphatic carbocycles. The second-order valence-corrected chi connectivity index (χ2v) is 10.4. The van der Waals surface area contributed by atoms with Crippen LogP contribution in [0.2, 0.25) is 5.02 Å². The monoisotopic (exact) mass is 531 g/mol. The van der Waals surface area contributed by atoms with Crippen molar-refractivity contribution in [3.05, 3.63) is 77.3 Å². The number of fused-ring (bicyclic) bond motifs is 1. The molecular formula is C29H27ClFN5O2. The largest absolute Gasteiger partial charge is 0.435 e. The van der Waals surface area contributed by atoms with Gasteiger partial charge in [0.15, 0.2) is 11.4 Å². The highest BCUT2D eigenvalue weighted by molar-refractivity contribution is 6.34. The number of aliphatic hydroxyl groups excluding tert-OH is 1. The van der Waals surface area contributed by atoms with Crippen molar-refractivity contribution in [3.8, 4) is 34.0 Å². The topological polar surface area (TPSA) is 80.2 Å². The standard InChI is InChI=1S/C29H27ClFN5O2/c1-35(25-7-4-8-26(25)37)15-17-11-23(30)27-24(12-17)33-29(38-27)19-6-3-5-18(13-19)21-10-9-20(31)14-22(21)28-34-32-16-36(28)2/h3,5-6,9-14,16,25-26,37H,4,7-8,15H2,1-2H3/t25?,26-/m0/s1. The Kier molecular flexibility index (Phi) is 6.47. The average molecular weight is 532 g/mol. The van der Waals surface area contributed by atoms with Crippen molar-refractivity contribution in [2.75, 3.05) is 7.05 Å². The number of aliphatic hydroxyl groups is 1. The summed E-state index contributed by atoms with van der Waals surface area (Å²) in [6.45, 7) is 0.657. The van der Waals surface area contributed by atoms with Crippen LogP contribution < -0.4 is 0 Å². The number of oxazole rings is 1. The fourth-order valence-electron chi connectivity index (χ4n) is 5.40. The Balaban J connectivity index is 1.34. The Hall–Kier alpha value is -3.59. The van der Waals surface area contributed by atoms with E-state index in [4.69, 9.17) is 21.0 Å². The quantitative estimate of drug-likeness (QED) is 0.285. The van der Waals surface area contributed by atoms with Gasteiger partial charge in [-0.05, 0) is 79.4 Å². The molecule has 1 unspecified atom stereocenters. The summed E-state index contributed by atoms with van der Waals surface area (Å²) in [6, 6.07) is 16.4. The molecule has 2 atom stereocenters. The highest BCUT2D eigenvalue weighted by Gasteiger charge is 2.28. The van der Waals surface area contributed by atoms with Gasteiger partial charge in [-0.15, -0.1) is 10.2 Å². The molecule has 0 spiro atoms. The van der Waals surface area contributed by atoms with Crippen molar-refractivity contribution < 1.29 is 13.9 Å². The number of hydrogen-bond acceptors (Lipinski definition) is 6. The maximum absolute atomic E-state index is 14.2. The predicted molar refractivity (Wildman–Crippen MR) is 145 cm³/mol. The van der Waals surface area contributed by atoms with Gasteiger partial charge in [0.1, 0.15) is 17.7 Å². The van der Waals surface area contributed by atoms with E-state index in [9.17, 15) is 9.50 Å². The van der Waals surface area contributed by atoms with E-state index in [0.29, 0.717) is 39.9 Å². The SMILES string of the molecule is CN(Cc1cc(Cl)c2oc(-c3cccc(-c4ccc(F)cc4-c4nncn4C)c3)nc2c1)C1CCC[C@@H]1O. The van der Waals surface area contributed by atoms with Crippen molar-refractivity contribution >= 4 is 22.7 Å². The number of hydrogen-bond donors (Lipinski definition) is 1. The van der Waals surface area contributed by atoms with Crippen LogP contribution in [-0.4, -0.2) is 48.9 Å². The van der Waals surface area contributed by atoms with E-state index in [2.05, 4.69) is 15.1 Å². The second-order valence-electron chi connectivity index (χ2n) is 9.96. The van der Waals surface area contributed by atoms with Crippen LogP contribution in [-0.2, 0) is 13.6 Å². The molecule has 9 heteroatoms. The first kappa shape index (κ1) is 24.7. The third-order valence-corrected chi connectivity index (χ3v) is 7.58. The summed E-state index contributed by atoms with van der Waals surface area (Å²) in [5.41, 5.74) is 5.32. The molecule has 1 aliphatic rings. The van der Waals surface area contributed by atoms with E-state index in [1.807, 2.05) is 50.5 Å². The molecule has 38 heavy (non-hydrogen) atoms. The van der Waals surface area contributed by atoms with E-state index < -0.39 is 0 Å². The van der Waals surface area contributed by atoms with Gasteiger partial charge in [-0.25, -0.2) is 9.37 Å². The normalized spacial score (nSPS) is 17.6. The molecule has 0 amide bonds. The predicted octanol–water partition coefficient (Wildman–Crippen LogP) is 6.10. The number of rotatable bonds is 6. The lowest BCUT2D eigenvalue weighted by atomic mass is 9.97. The van der Waals surface area contributed by atoms with Crippen LogP contribution in [0.5, 0.6) is 0 Å². The fourth-order valence-corrected chi connectivity index (χ4v) is 5.68. The van der Waals surface area contributed by atoms with Gasteiger partial charge in [-0.1, -0.05) is 29.8 Å². The highest BCUT2D eigenvalue weighted by atomic mass is 35.5. The van der Waals surface area contributed by atoms with E-state index in [1.54, 1.807) is 17.0 Å². The zero-order valence-corrected chi connectivity index (χ0v) is 21.9. The van der Waals surface area contributed by atoms with E-state index >= 15 is 0 Å². The van der Waals surface area contributed by atoms with E-state index in [-0.39, 0.29) is 18.0 Å². The fraction of sp³-hybridized carbons (Fsp3) is 0.276. The van der Waals surface area contributed by atoms with Gasteiger partial charge in [0.2, 0.25) is 5.89 Å². The first-order valence-corrected chi connectivity index (χ1v) is 13.0. The first-order chi connectivity index (χ1) is 18.4. The summed E-state index contributed by atoms with van der Waals surface area (Å²) in [4.78, 5) is 6.93. The van der Waals surface area contributed by atoms with Crippen LogP contribution in [0.4, 0.5) is 4.39 Å². The van der Waals surface area contributed by atoms with Crippen LogP contribution in [0.1, 0.15) is 24.8 Å². The van der Waals surface area contributed by atoms with Gasteiger partial charge in [-0.3, -0.25) is 4.90 Å². The van der Waals surface area contributed by atoms with Crippen LogP contribution in [0.3, 0.4) is 0 Å². The summed E-state index contributed by atoms with van der Waals surface area (Å²) in [6.07, 6.45) is 4.17. The number of aromatic nitrogens is 4. The molecule has 0 saturated heterocycles. The Labute approximate surface area is 224 Å². The van der Waals surface area contributed by atoms with Gasteiger partial charge in [-0.2, -0.15) is 0 Å². The summed E-state index contributed by atoms with van der Waals surface area (Å²) < 4.78 is 22.1. The number of likely N-dealkylation sites (N-methyl/N-ethyl adjacent to an activating group) is 1. The first-order valence-electron chi connectivity index (χ1n) is 12.6. The molecule has 6 rings (SSSR count). The van der Waals surface area contributed by atoms with Crippen LogP contribution in [0.15, 0.2) is 65.3 Å². The van der Waals surface area contributed by atoms with Crippen LogP contribution in [0.25, 0.3) is 45.1 Å². The molecule has 1 N–H and O–H groups in total. The number of benzene rings is 3. The van der Waals surface area contributed by atoms with Crippen LogP contribution in [0, 0.1) is 5.82 Å². The number of nitrogens with zero attached hydrogens (tertiary/aromatic N) is 5. The van der Waals surface area contributed by atoms with Gasteiger partial charge >= 0.3 is 0 Å². The maximum Gasteiger partial charge on any atom is 0.227 e. The molecule has 1 fully saturated rings. The molecule has 3 aromatic carbocycles. The lowest BCUT2D eigenvalue weighted by Crippen LogP contribution is -2.36. The number of aryl methyl sites for hydroxylation is 1. The molecular weight excluding hydrogens is 505 g/mol. The summed E-state index contributed by atoms with van der Waals surface area (Å²) >= 11 is 6.62. The van der Waals surface area contributed by atoms with Crippen molar-refractivity contribution in [2.45, 2.75) is 38.0 Å². The van der Waals surface area contributed by atoms with Gasteiger partial charge < -0.3 is 14.1 Å². The summed E-state index contributed by atoms with van der Waals surface area (Å²) in [5, 5.41) is 18.9. The number of halogens is 2. The molecule has 2 aromatic heterocycles. The second kappa shape index (κ2) is 9.94. The van der Waals surface area contributed by atoms with Gasteiger partial charge in [0.25, 0.3) is 0 Å². The molecule has 0 aliphatic heterocycles. The molecule has 2 heterocycles. The summed E-state index contributed by atoms with van der Waals surface area (Å²) in [5.74, 6) is 0.671. The minimum Gasteiger partial charge on any atom is -0.435 e. The molecule has 5 aromatic rings. The Morgan fingerprint density at radius 2 is 1.95 bits per heavy atom. The Morgan fingerprint density at radius 3 is 2.71 bits per heavy atom. The van der Waals surface area contributed by atoms with E-state index in [1.165, 1.54) is 12.1 Å². The third-order valence-electron chi connectivity index (χ3n) is 7.30. The lowest BCUT2D eigenvalue weighted by molar-refractivity contribution is 0.0825. The van der Waals surface area contributed by atoms with Crippen molar-refractivity contribution in [1.29, 1.82) is 0 Å². The zero-order valence-electron chi connectivity index (χ0n) is 21.1. The van der Waals surface area contributed by atoms with Crippen molar-refractivity contribution in [3.63, 3.8) is 0 Å². The third kappa shape index (κ3) is 4.60. The summed E-state index contributed by atoms with van der Waals surface area (Å²) in [7, 11) is 3.85. The minimum absolute atomic E-state index is 0.151. The Bertz CT molecular complexity index is 1630. The molecule has 0 radical (unpaired) electrons. The maximum atomic E-state index is 14.2. The molecule has 194 valence electrons. The lowest BCUT2D eigenvalue weighted by Gasteiger charge is -2.27. The van der Waals surface area contributed by atoms with Gasteiger partial charge in [0, 0.05) is 30.8 Å². The van der Waals surface area contributed by atoms with Crippen LogP contribution >= 0.6 is 11.6 Å². The van der Waals surface area contributed by atoms with E-state index in [0.717, 1.165) is 41.5 Å². The zero-order chi connectivity index (χ0) is 26.4. The highest BCUT2D eigenvalue weighted by Crippen LogP contribution is 2.36.